The Morgan fingerprint density at radius 2 is 1.64 bits per heavy atom. The molecule has 0 saturated carbocycles. The fourth-order valence-electron chi connectivity index (χ4n) is 3.75. The molecule has 5 heteroatoms. The zero-order chi connectivity index (χ0) is 20.3. The van der Waals surface area contributed by atoms with Crippen LogP contribution in [0.5, 0.6) is 0 Å². The summed E-state index contributed by atoms with van der Waals surface area (Å²) in [5.41, 5.74) is 0.975. The number of hydrogen-bond donors (Lipinski definition) is 1. The summed E-state index contributed by atoms with van der Waals surface area (Å²) in [7, 11) is 0. The predicted molar refractivity (Wildman–Crippen MR) is 125 cm³/mol. The average molecular weight is 438 g/mol. The van der Waals surface area contributed by atoms with Crippen molar-refractivity contribution in [1.82, 2.24) is 4.90 Å². The second-order valence-electron chi connectivity index (χ2n) is 7.57. The van der Waals surface area contributed by atoms with Crippen LogP contribution in [0, 0.1) is 6.92 Å². The van der Waals surface area contributed by atoms with Crippen LogP contribution in [-0.4, -0.2) is 29.6 Å². The number of benzene rings is 2. The second kappa shape index (κ2) is 9.77. The fraction of sp³-hybridized carbons (Fsp3) is 0.478. The van der Waals surface area contributed by atoms with Crippen molar-refractivity contribution in [1.29, 1.82) is 0 Å². The summed E-state index contributed by atoms with van der Waals surface area (Å²) in [6.07, 6.45) is 4.11. The Hall–Kier alpha value is -0.840. The number of hydrogen-bond acceptors (Lipinski definition) is 3. The summed E-state index contributed by atoms with van der Waals surface area (Å²) in [5, 5.41) is 15.6. The highest BCUT2D eigenvalue weighted by Gasteiger charge is 2.20. The Kier molecular flexibility index (Phi) is 7.63. The van der Waals surface area contributed by atoms with Crippen LogP contribution in [0.25, 0.3) is 20.9 Å². The number of fused-ring (bicyclic) bond motifs is 3. The second-order valence-corrected chi connectivity index (χ2v) is 9.67. The van der Waals surface area contributed by atoms with Crippen molar-refractivity contribution < 1.29 is 5.11 Å². The average Bonchev–Trinajstić information content (AvgIpc) is 3.04. The van der Waals surface area contributed by atoms with Gasteiger partial charge in [-0.3, -0.25) is 0 Å². The van der Waals surface area contributed by atoms with Crippen LogP contribution in [0.15, 0.2) is 24.3 Å². The molecule has 3 rings (SSSR count). The number of rotatable bonds is 9. The minimum absolute atomic E-state index is 0.537. The van der Waals surface area contributed by atoms with Gasteiger partial charge in [-0.1, -0.05) is 49.9 Å². The quantitative estimate of drug-likeness (QED) is 0.372. The zero-order valence-electron chi connectivity index (χ0n) is 16.9. The Labute approximate surface area is 182 Å². The fourth-order valence-corrected chi connectivity index (χ4v) is 5.39. The van der Waals surface area contributed by atoms with Crippen molar-refractivity contribution in [3.05, 3.63) is 44.8 Å². The van der Waals surface area contributed by atoms with Gasteiger partial charge < -0.3 is 10.0 Å². The summed E-state index contributed by atoms with van der Waals surface area (Å²) in [6.45, 7) is 9.25. The first-order valence-corrected chi connectivity index (χ1v) is 11.7. The highest BCUT2D eigenvalue weighted by atomic mass is 35.5. The summed E-state index contributed by atoms with van der Waals surface area (Å²) in [4.78, 5) is 3.62. The summed E-state index contributed by atoms with van der Waals surface area (Å²) in [6, 6.07) is 8.00. The molecule has 1 unspecified atom stereocenters. The van der Waals surface area contributed by atoms with Crippen molar-refractivity contribution in [3.63, 3.8) is 0 Å². The highest BCUT2D eigenvalue weighted by Crippen LogP contribution is 2.41. The number of nitrogens with zero attached hydrogens (tertiary/aromatic N) is 1. The molecular weight excluding hydrogens is 409 g/mol. The van der Waals surface area contributed by atoms with Crippen LogP contribution < -0.4 is 0 Å². The monoisotopic (exact) mass is 437 g/mol. The van der Waals surface area contributed by atoms with Gasteiger partial charge in [0.2, 0.25) is 0 Å². The number of aryl methyl sites for hydroxylation is 1. The third kappa shape index (κ3) is 4.83. The zero-order valence-corrected chi connectivity index (χ0v) is 19.2. The topological polar surface area (TPSA) is 23.5 Å². The SMILES string of the molecule is CCCCN(CCCC)CC(O)c1cc2c(Cl)cc(Cl)cc2c2cc(C)sc12. The molecule has 2 aromatic carbocycles. The minimum atomic E-state index is -0.537. The predicted octanol–water partition coefficient (Wildman–Crippen LogP) is 7.61. The van der Waals surface area contributed by atoms with Crippen molar-refractivity contribution in [2.24, 2.45) is 0 Å². The lowest BCUT2D eigenvalue weighted by molar-refractivity contribution is 0.112. The van der Waals surface area contributed by atoms with E-state index in [9.17, 15) is 5.11 Å². The number of unbranched alkanes of at least 4 members (excludes halogenated alkanes) is 2. The van der Waals surface area contributed by atoms with Crippen molar-refractivity contribution in [2.45, 2.75) is 52.6 Å². The van der Waals surface area contributed by atoms with Crippen molar-refractivity contribution in [2.75, 3.05) is 19.6 Å². The van der Waals surface area contributed by atoms with Crippen LogP contribution in [0.4, 0.5) is 0 Å². The maximum Gasteiger partial charge on any atom is 0.0930 e. The molecular formula is C23H29Cl2NOS. The van der Waals surface area contributed by atoms with Crippen LogP contribution in [0.3, 0.4) is 0 Å². The molecule has 0 saturated heterocycles. The molecule has 0 aliphatic heterocycles. The molecule has 2 nitrogen and oxygen atoms in total. The normalized spacial score (nSPS) is 13.1. The largest absolute Gasteiger partial charge is 0.387 e. The number of halogens is 2. The van der Waals surface area contributed by atoms with Gasteiger partial charge in [0, 0.05) is 42.5 Å². The van der Waals surface area contributed by atoms with Gasteiger partial charge in [0.25, 0.3) is 0 Å². The Bertz CT molecular complexity index is 945. The van der Waals surface area contributed by atoms with E-state index < -0.39 is 6.10 Å². The first-order valence-electron chi connectivity index (χ1n) is 10.2. The molecule has 28 heavy (non-hydrogen) atoms. The van der Waals surface area contributed by atoms with Gasteiger partial charge in [-0.15, -0.1) is 11.3 Å². The number of aliphatic hydroxyl groups excluding tert-OH is 1. The molecule has 0 spiro atoms. The van der Waals surface area contributed by atoms with E-state index in [4.69, 9.17) is 23.2 Å². The van der Waals surface area contributed by atoms with E-state index in [1.54, 1.807) is 17.4 Å². The van der Waals surface area contributed by atoms with E-state index >= 15 is 0 Å². The minimum Gasteiger partial charge on any atom is -0.387 e. The van der Waals surface area contributed by atoms with Crippen LogP contribution in [0.1, 0.15) is 56.1 Å². The van der Waals surface area contributed by atoms with Gasteiger partial charge in [-0.25, -0.2) is 0 Å². The maximum atomic E-state index is 11.2. The Morgan fingerprint density at radius 1 is 0.964 bits per heavy atom. The van der Waals surface area contributed by atoms with E-state index in [0.29, 0.717) is 16.6 Å². The smallest absolute Gasteiger partial charge is 0.0930 e. The van der Waals surface area contributed by atoms with E-state index in [0.717, 1.165) is 52.4 Å². The molecule has 1 N–H and O–H groups in total. The van der Waals surface area contributed by atoms with Gasteiger partial charge in [-0.2, -0.15) is 0 Å². The molecule has 1 atom stereocenters. The standard InChI is InChI=1S/C23H29Cl2NOS/c1-4-6-8-26(9-7-5-2)14-22(27)20-13-18-17(11-16(24)12-21(18)25)19-10-15(3)28-23(19)20/h10-13,22,27H,4-9,14H2,1-3H3. The third-order valence-corrected chi connectivity index (χ3v) is 6.88. The molecule has 3 aromatic rings. The van der Waals surface area contributed by atoms with E-state index in [2.05, 4.69) is 37.8 Å². The van der Waals surface area contributed by atoms with Crippen LogP contribution >= 0.6 is 34.5 Å². The number of thiophene rings is 1. The van der Waals surface area contributed by atoms with E-state index in [1.165, 1.54) is 17.7 Å². The lowest BCUT2D eigenvalue weighted by Gasteiger charge is -2.25. The third-order valence-electron chi connectivity index (χ3n) is 5.25. The van der Waals surface area contributed by atoms with Gasteiger partial charge in [-0.05, 0) is 62.5 Å². The van der Waals surface area contributed by atoms with Crippen molar-refractivity contribution >= 4 is 55.4 Å². The molecule has 0 bridgehead atoms. The molecule has 1 aromatic heterocycles. The van der Waals surface area contributed by atoms with Gasteiger partial charge >= 0.3 is 0 Å². The molecule has 0 aliphatic rings. The van der Waals surface area contributed by atoms with E-state index in [1.807, 2.05) is 6.07 Å². The molecule has 1 heterocycles. The van der Waals surface area contributed by atoms with Crippen LogP contribution in [0.2, 0.25) is 10.0 Å². The van der Waals surface area contributed by atoms with Crippen molar-refractivity contribution in [3.8, 4) is 0 Å². The van der Waals surface area contributed by atoms with E-state index in [-0.39, 0.29) is 0 Å². The van der Waals surface area contributed by atoms with Gasteiger partial charge in [0.05, 0.1) is 6.10 Å². The van der Waals surface area contributed by atoms with Gasteiger partial charge in [0.1, 0.15) is 0 Å². The summed E-state index contributed by atoms with van der Waals surface area (Å²) in [5.74, 6) is 0. The molecule has 0 fully saturated rings. The first-order chi connectivity index (χ1) is 13.4. The lowest BCUT2D eigenvalue weighted by atomic mass is 9.99. The molecule has 152 valence electrons. The number of aliphatic hydroxyl groups is 1. The van der Waals surface area contributed by atoms with Gasteiger partial charge in [0.15, 0.2) is 0 Å². The lowest BCUT2D eigenvalue weighted by Crippen LogP contribution is -2.30. The first kappa shape index (κ1) is 21.9. The maximum absolute atomic E-state index is 11.2. The summed E-state index contributed by atoms with van der Waals surface area (Å²) >= 11 is 14.5. The molecule has 0 aliphatic carbocycles. The Balaban J connectivity index is 2.02. The van der Waals surface area contributed by atoms with Crippen LogP contribution in [-0.2, 0) is 0 Å². The summed E-state index contributed by atoms with van der Waals surface area (Å²) < 4.78 is 1.14. The molecule has 0 amide bonds. The molecule has 0 radical (unpaired) electrons. The highest BCUT2D eigenvalue weighted by molar-refractivity contribution is 7.19. The Morgan fingerprint density at radius 3 is 2.29 bits per heavy atom.